The predicted octanol–water partition coefficient (Wildman–Crippen LogP) is 7.54. The number of hydrogen-bond acceptors (Lipinski definition) is 4. The SMILES string of the molecule is COc1ccc(C2C(=C(O)c3ccccc3)C(=N)N(c3cccc(Cl)c3)C3=C2C(=O)CC(C)(C)C3)cc1. The topological polar surface area (TPSA) is 73.6 Å². The fraction of sp³-hybridized carbons (Fsp3) is 0.226. The van der Waals surface area contributed by atoms with Crippen LogP contribution in [0.2, 0.25) is 5.02 Å². The number of hydrogen-bond donors (Lipinski definition) is 2. The van der Waals surface area contributed by atoms with Gasteiger partial charge in [0.15, 0.2) is 5.78 Å². The first-order valence-corrected chi connectivity index (χ1v) is 12.6. The Balaban J connectivity index is 1.84. The van der Waals surface area contributed by atoms with Crippen LogP contribution in [0.3, 0.4) is 0 Å². The summed E-state index contributed by atoms with van der Waals surface area (Å²) in [5.74, 6) is 0.201. The number of nitrogens with zero attached hydrogens (tertiary/aromatic N) is 1. The van der Waals surface area contributed by atoms with Gasteiger partial charge in [-0.05, 0) is 47.7 Å². The van der Waals surface area contributed by atoms with Crippen LogP contribution in [0.1, 0.15) is 43.7 Å². The third-order valence-electron chi connectivity index (χ3n) is 7.04. The molecule has 3 aromatic rings. The molecule has 1 unspecified atom stereocenters. The van der Waals surface area contributed by atoms with E-state index >= 15 is 0 Å². The van der Waals surface area contributed by atoms with Gasteiger partial charge in [0.05, 0.1) is 7.11 Å². The molecule has 188 valence electrons. The fourth-order valence-electron chi connectivity index (χ4n) is 5.40. The second-order valence-electron chi connectivity index (χ2n) is 10.3. The molecule has 3 aromatic carbocycles. The van der Waals surface area contributed by atoms with Crippen molar-refractivity contribution in [2.75, 3.05) is 12.0 Å². The van der Waals surface area contributed by atoms with Gasteiger partial charge in [0, 0.05) is 45.5 Å². The number of allylic oxidation sites excluding steroid dienone is 2. The van der Waals surface area contributed by atoms with E-state index in [0.29, 0.717) is 46.0 Å². The molecule has 6 heteroatoms. The Labute approximate surface area is 222 Å². The van der Waals surface area contributed by atoms with Crippen LogP contribution in [0.25, 0.3) is 5.76 Å². The molecule has 5 nitrogen and oxygen atoms in total. The maximum atomic E-state index is 13.9. The van der Waals surface area contributed by atoms with E-state index in [9.17, 15) is 15.3 Å². The molecule has 0 amide bonds. The molecule has 1 atom stereocenters. The standard InChI is InChI=1S/C31H29ClN2O3/c1-31(2)17-24-27(25(35)18-31)26(19-12-14-23(37-3)15-13-19)28(29(36)20-8-5-4-6-9-20)30(33)34(24)22-11-7-10-21(32)16-22/h4-16,26,33,36H,17-18H2,1-3H3. The van der Waals surface area contributed by atoms with Crippen LogP contribution in [-0.4, -0.2) is 23.8 Å². The number of ether oxygens (including phenoxy) is 1. The number of ketones is 1. The molecule has 0 radical (unpaired) electrons. The average molecular weight is 513 g/mol. The summed E-state index contributed by atoms with van der Waals surface area (Å²) in [5, 5.41) is 21.7. The lowest BCUT2D eigenvalue weighted by Gasteiger charge is -2.45. The first-order valence-electron chi connectivity index (χ1n) is 12.2. The second kappa shape index (κ2) is 9.56. The summed E-state index contributed by atoms with van der Waals surface area (Å²) in [4.78, 5) is 15.7. The Morgan fingerprint density at radius 1 is 1.03 bits per heavy atom. The third kappa shape index (κ3) is 4.56. The van der Waals surface area contributed by atoms with E-state index in [1.807, 2.05) is 54.6 Å². The molecule has 0 fully saturated rings. The van der Waals surface area contributed by atoms with Crippen LogP contribution in [0, 0.1) is 10.8 Å². The minimum Gasteiger partial charge on any atom is -0.507 e. The van der Waals surface area contributed by atoms with Gasteiger partial charge in [-0.3, -0.25) is 15.1 Å². The maximum absolute atomic E-state index is 13.9. The molecule has 0 saturated heterocycles. The molecule has 2 aliphatic rings. The predicted molar refractivity (Wildman–Crippen MR) is 148 cm³/mol. The smallest absolute Gasteiger partial charge is 0.162 e. The quantitative estimate of drug-likeness (QED) is 0.354. The molecule has 0 spiro atoms. The van der Waals surface area contributed by atoms with Crippen molar-refractivity contribution >= 4 is 34.7 Å². The maximum Gasteiger partial charge on any atom is 0.162 e. The summed E-state index contributed by atoms with van der Waals surface area (Å²) >= 11 is 6.37. The van der Waals surface area contributed by atoms with Crippen LogP contribution in [0.4, 0.5) is 5.69 Å². The van der Waals surface area contributed by atoms with Gasteiger partial charge in [-0.15, -0.1) is 0 Å². The number of Topliss-reactive ketones (excluding diaryl/α,β-unsaturated/α-hetero) is 1. The van der Waals surface area contributed by atoms with E-state index in [4.69, 9.17) is 16.3 Å². The molecule has 2 N–H and O–H groups in total. The summed E-state index contributed by atoms with van der Waals surface area (Å²) in [6, 6.07) is 23.9. The van der Waals surface area contributed by atoms with Crippen LogP contribution in [0.5, 0.6) is 5.75 Å². The molecule has 1 aliphatic carbocycles. The summed E-state index contributed by atoms with van der Waals surface area (Å²) in [7, 11) is 1.61. The number of benzene rings is 3. The molecule has 37 heavy (non-hydrogen) atoms. The van der Waals surface area contributed by atoms with Crippen LogP contribution in [-0.2, 0) is 4.79 Å². The Morgan fingerprint density at radius 3 is 2.38 bits per heavy atom. The molecule has 1 heterocycles. The van der Waals surface area contributed by atoms with E-state index in [1.54, 1.807) is 36.3 Å². The zero-order valence-corrected chi connectivity index (χ0v) is 21.8. The number of aliphatic hydroxyl groups is 1. The van der Waals surface area contributed by atoms with Crippen molar-refractivity contribution in [2.45, 2.75) is 32.6 Å². The Hall–Kier alpha value is -3.83. The number of anilines is 1. The summed E-state index contributed by atoms with van der Waals surface area (Å²) in [6.07, 6.45) is 0.990. The highest BCUT2D eigenvalue weighted by Crippen LogP contribution is 2.51. The Bertz CT molecular complexity index is 1440. The lowest BCUT2D eigenvalue weighted by atomic mass is 9.67. The van der Waals surface area contributed by atoms with Crippen molar-refractivity contribution in [1.82, 2.24) is 0 Å². The second-order valence-corrected chi connectivity index (χ2v) is 10.7. The van der Waals surface area contributed by atoms with Gasteiger partial charge in [0.1, 0.15) is 17.3 Å². The average Bonchev–Trinajstić information content (AvgIpc) is 2.87. The van der Waals surface area contributed by atoms with Crippen molar-refractivity contribution in [2.24, 2.45) is 5.41 Å². The normalized spacial score (nSPS) is 20.5. The van der Waals surface area contributed by atoms with E-state index in [2.05, 4.69) is 13.8 Å². The van der Waals surface area contributed by atoms with E-state index < -0.39 is 5.92 Å². The van der Waals surface area contributed by atoms with Crippen LogP contribution < -0.4 is 9.64 Å². The molecule has 1 aliphatic heterocycles. The lowest BCUT2D eigenvalue weighted by molar-refractivity contribution is -0.118. The first kappa shape index (κ1) is 24.8. The number of amidine groups is 1. The number of carbonyl (C=O) groups excluding carboxylic acids is 1. The van der Waals surface area contributed by atoms with E-state index in [0.717, 1.165) is 11.3 Å². The highest BCUT2D eigenvalue weighted by atomic mass is 35.5. The van der Waals surface area contributed by atoms with Gasteiger partial charge in [0.2, 0.25) is 0 Å². The van der Waals surface area contributed by atoms with E-state index in [-0.39, 0.29) is 22.8 Å². The summed E-state index contributed by atoms with van der Waals surface area (Å²) < 4.78 is 5.36. The highest BCUT2D eigenvalue weighted by Gasteiger charge is 2.46. The Kier molecular flexibility index (Phi) is 6.42. The van der Waals surface area contributed by atoms with Gasteiger partial charge >= 0.3 is 0 Å². The minimum atomic E-state index is -0.604. The third-order valence-corrected chi connectivity index (χ3v) is 7.28. The first-order chi connectivity index (χ1) is 17.7. The van der Waals surface area contributed by atoms with Gasteiger partial charge in [0.25, 0.3) is 0 Å². The van der Waals surface area contributed by atoms with Crippen molar-refractivity contribution in [3.05, 3.63) is 112 Å². The van der Waals surface area contributed by atoms with Gasteiger partial charge in [-0.1, -0.05) is 74.0 Å². The number of halogens is 1. The molecule has 0 bridgehead atoms. The minimum absolute atomic E-state index is 0.0185. The van der Waals surface area contributed by atoms with Crippen molar-refractivity contribution in [3.63, 3.8) is 0 Å². The number of nitrogens with one attached hydrogen (secondary N) is 1. The van der Waals surface area contributed by atoms with Crippen LogP contribution >= 0.6 is 11.6 Å². The summed E-state index contributed by atoms with van der Waals surface area (Å²) in [6.45, 7) is 4.15. The lowest BCUT2D eigenvalue weighted by Crippen LogP contribution is -2.45. The largest absolute Gasteiger partial charge is 0.507 e. The number of methoxy groups -OCH3 is 1. The fourth-order valence-corrected chi connectivity index (χ4v) is 5.58. The number of carbonyl (C=O) groups is 1. The summed E-state index contributed by atoms with van der Waals surface area (Å²) in [5.41, 5.74) is 3.57. The Morgan fingerprint density at radius 2 is 1.73 bits per heavy atom. The van der Waals surface area contributed by atoms with Crippen LogP contribution in [0.15, 0.2) is 95.7 Å². The van der Waals surface area contributed by atoms with Crippen molar-refractivity contribution in [3.8, 4) is 5.75 Å². The van der Waals surface area contributed by atoms with Crippen molar-refractivity contribution < 1.29 is 14.6 Å². The molecule has 5 rings (SSSR count). The van der Waals surface area contributed by atoms with Crippen molar-refractivity contribution in [1.29, 1.82) is 5.41 Å². The molecule has 0 aromatic heterocycles. The highest BCUT2D eigenvalue weighted by molar-refractivity contribution is 6.31. The molecule has 0 saturated carbocycles. The number of aliphatic hydroxyl groups excluding tert-OH is 1. The molecular weight excluding hydrogens is 484 g/mol. The monoisotopic (exact) mass is 512 g/mol. The van der Waals surface area contributed by atoms with E-state index in [1.165, 1.54) is 0 Å². The zero-order chi connectivity index (χ0) is 26.3. The van der Waals surface area contributed by atoms with Gasteiger partial charge in [-0.25, -0.2) is 0 Å². The van der Waals surface area contributed by atoms with Gasteiger partial charge < -0.3 is 9.84 Å². The zero-order valence-electron chi connectivity index (χ0n) is 21.1. The molecular formula is C31H29ClN2O3. The number of rotatable bonds is 4. The van der Waals surface area contributed by atoms with Gasteiger partial charge in [-0.2, -0.15) is 0 Å².